The van der Waals surface area contributed by atoms with Gasteiger partial charge < -0.3 is 4.57 Å². The molecular weight excluding hydrogens is 332 g/mol. The van der Waals surface area contributed by atoms with Gasteiger partial charge in [0.15, 0.2) is 0 Å². The average Bonchev–Trinajstić information content (AvgIpc) is 3.05. The van der Waals surface area contributed by atoms with Gasteiger partial charge in [-0.1, -0.05) is 12.1 Å². The summed E-state index contributed by atoms with van der Waals surface area (Å²) in [4.78, 5) is 23.0. The predicted octanol–water partition coefficient (Wildman–Crippen LogP) is 2.85. The molecular formula is C15H11BrN4O. The van der Waals surface area contributed by atoms with E-state index in [4.69, 9.17) is 0 Å². The summed E-state index contributed by atoms with van der Waals surface area (Å²) in [5.41, 5.74) is 2.54. The Morgan fingerprint density at radius 3 is 2.90 bits per heavy atom. The normalized spacial score (nSPS) is 13.7. The Morgan fingerprint density at radius 1 is 1.19 bits per heavy atom. The minimum Gasteiger partial charge on any atom is -0.308 e. The van der Waals surface area contributed by atoms with Crippen LogP contribution in [-0.4, -0.2) is 27.0 Å². The average molecular weight is 343 g/mol. The molecule has 3 heterocycles. The molecule has 0 atom stereocenters. The highest BCUT2D eigenvalue weighted by Crippen LogP contribution is 2.28. The molecule has 104 valence electrons. The maximum Gasteiger partial charge on any atom is 0.262 e. The molecule has 21 heavy (non-hydrogen) atoms. The number of hydrogen-bond donors (Lipinski definition) is 0. The van der Waals surface area contributed by atoms with Gasteiger partial charge in [-0.2, -0.15) is 0 Å². The SMILES string of the molecule is O=C(c1cncc(Br)c1)N1CCn2c1nc1ccccc12. The summed E-state index contributed by atoms with van der Waals surface area (Å²) >= 11 is 3.34. The Bertz CT molecular complexity index is 858. The number of para-hydroxylation sites is 2. The standard InChI is InChI=1S/C15H11BrN4O/c16-11-7-10(8-17-9-11)14(21)20-6-5-19-13-4-2-1-3-12(13)18-15(19)20/h1-4,7-9H,5-6H2. The van der Waals surface area contributed by atoms with Gasteiger partial charge in [-0.05, 0) is 34.1 Å². The number of benzene rings is 1. The molecule has 1 aromatic carbocycles. The van der Waals surface area contributed by atoms with Gasteiger partial charge in [-0.15, -0.1) is 0 Å². The highest BCUT2D eigenvalue weighted by atomic mass is 79.9. The third-order valence-corrected chi connectivity index (χ3v) is 4.05. The number of fused-ring (bicyclic) bond motifs is 3. The molecule has 0 spiro atoms. The maximum atomic E-state index is 12.7. The number of carbonyl (C=O) groups is 1. The fourth-order valence-corrected chi connectivity index (χ4v) is 3.03. The summed E-state index contributed by atoms with van der Waals surface area (Å²) in [6.45, 7) is 1.40. The van der Waals surface area contributed by atoms with Crippen LogP contribution < -0.4 is 4.90 Å². The number of rotatable bonds is 1. The number of hydrogen-bond acceptors (Lipinski definition) is 3. The van der Waals surface area contributed by atoms with Crippen molar-refractivity contribution in [2.75, 3.05) is 11.4 Å². The Morgan fingerprint density at radius 2 is 2.05 bits per heavy atom. The van der Waals surface area contributed by atoms with Crippen LogP contribution >= 0.6 is 15.9 Å². The van der Waals surface area contributed by atoms with E-state index in [0.717, 1.165) is 22.1 Å². The molecule has 0 saturated carbocycles. The van der Waals surface area contributed by atoms with Gasteiger partial charge in [0.1, 0.15) is 0 Å². The quantitative estimate of drug-likeness (QED) is 0.683. The highest BCUT2D eigenvalue weighted by Gasteiger charge is 2.29. The third-order valence-electron chi connectivity index (χ3n) is 3.62. The molecule has 0 unspecified atom stereocenters. The van der Waals surface area contributed by atoms with Crippen LogP contribution in [0.4, 0.5) is 5.95 Å². The first-order valence-corrected chi connectivity index (χ1v) is 7.41. The summed E-state index contributed by atoms with van der Waals surface area (Å²) in [5, 5.41) is 0. The maximum absolute atomic E-state index is 12.7. The van der Waals surface area contributed by atoms with Crippen molar-refractivity contribution < 1.29 is 4.79 Å². The zero-order valence-electron chi connectivity index (χ0n) is 11.0. The number of halogens is 1. The van der Waals surface area contributed by atoms with Gasteiger partial charge in [0.25, 0.3) is 5.91 Å². The van der Waals surface area contributed by atoms with E-state index in [9.17, 15) is 4.79 Å². The summed E-state index contributed by atoms with van der Waals surface area (Å²) < 4.78 is 2.87. The number of anilines is 1. The lowest BCUT2D eigenvalue weighted by molar-refractivity contribution is 0.0988. The minimum atomic E-state index is -0.0714. The number of carbonyl (C=O) groups excluding carboxylic acids is 1. The Labute approximate surface area is 129 Å². The summed E-state index contributed by atoms with van der Waals surface area (Å²) in [5.74, 6) is 0.638. The van der Waals surface area contributed by atoms with E-state index >= 15 is 0 Å². The monoisotopic (exact) mass is 342 g/mol. The second-order valence-electron chi connectivity index (χ2n) is 4.90. The van der Waals surface area contributed by atoms with E-state index in [1.165, 1.54) is 0 Å². The van der Waals surface area contributed by atoms with Crippen molar-refractivity contribution in [1.82, 2.24) is 14.5 Å². The summed E-state index contributed by atoms with van der Waals surface area (Å²) in [7, 11) is 0. The zero-order chi connectivity index (χ0) is 14.4. The molecule has 6 heteroatoms. The highest BCUT2D eigenvalue weighted by molar-refractivity contribution is 9.10. The van der Waals surface area contributed by atoms with Gasteiger partial charge in [0.05, 0.1) is 16.6 Å². The molecule has 5 nitrogen and oxygen atoms in total. The van der Waals surface area contributed by atoms with Crippen LogP contribution in [0.3, 0.4) is 0 Å². The van der Waals surface area contributed by atoms with E-state index in [0.29, 0.717) is 18.1 Å². The molecule has 0 aliphatic carbocycles. The van der Waals surface area contributed by atoms with E-state index < -0.39 is 0 Å². The number of amides is 1. The van der Waals surface area contributed by atoms with Crippen LogP contribution in [0, 0.1) is 0 Å². The molecule has 1 aliphatic heterocycles. The van der Waals surface area contributed by atoms with Gasteiger partial charge >= 0.3 is 0 Å². The van der Waals surface area contributed by atoms with E-state index in [-0.39, 0.29) is 5.91 Å². The van der Waals surface area contributed by atoms with E-state index in [2.05, 4.69) is 30.5 Å². The smallest absolute Gasteiger partial charge is 0.262 e. The zero-order valence-corrected chi connectivity index (χ0v) is 12.6. The fourth-order valence-electron chi connectivity index (χ4n) is 2.67. The fraction of sp³-hybridized carbons (Fsp3) is 0.133. The predicted molar refractivity (Wildman–Crippen MR) is 83.3 cm³/mol. The lowest BCUT2D eigenvalue weighted by Crippen LogP contribution is -2.29. The van der Waals surface area contributed by atoms with Crippen LogP contribution in [0.15, 0.2) is 47.2 Å². The largest absolute Gasteiger partial charge is 0.308 e. The molecule has 1 amide bonds. The van der Waals surface area contributed by atoms with Crippen LogP contribution in [0.2, 0.25) is 0 Å². The van der Waals surface area contributed by atoms with Crippen molar-refractivity contribution in [2.45, 2.75) is 6.54 Å². The van der Waals surface area contributed by atoms with Crippen molar-refractivity contribution in [3.05, 3.63) is 52.8 Å². The lowest BCUT2D eigenvalue weighted by Gasteiger charge is -2.13. The van der Waals surface area contributed by atoms with Gasteiger partial charge in [-0.25, -0.2) is 4.98 Å². The Balaban J connectivity index is 1.78. The first kappa shape index (κ1) is 12.5. The minimum absolute atomic E-state index is 0.0714. The van der Waals surface area contributed by atoms with E-state index in [1.54, 1.807) is 23.4 Å². The molecule has 0 fully saturated rings. The number of pyridine rings is 1. The van der Waals surface area contributed by atoms with Crippen molar-refractivity contribution in [2.24, 2.45) is 0 Å². The van der Waals surface area contributed by atoms with E-state index in [1.807, 2.05) is 24.3 Å². The van der Waals surface area contributed by atoms with Crippen LogP contribution in [-0.2, 0) is 6.54 Å². The van der Waals surface area contributed by atoms with Gasteiger partial charge in [0.2, 0.25) is 5.95 Å². The van der Waals surface area contributed by atoms with Crippen molar-refractivity contribution in [1.29, 1.82) is 0 Å². The second kappa shape index (κ2) is 4.66. The summed E-state index contributed by atoms with van der Waals surface area (Å²) in [6, 6.07) is 9.71. The topological polar surface area (TPSA) is 51.0 Å². The van der Waals surface area contributed by atoms with Crippen molar-refractivity contribution >= 4 is 38.8 Å². The van der Waals surface area contributed by atoms with Crippen LogP contribution in [0.25, 0.3) is 11.0 Å². The number of nitrogens with zero attached hydrogens (tertiary/aromatic N) is 4. The molecule has 0 bridgehead atoms. The molecule has 2 aromatic heterocycles. The lowest BCUT2D eigenvalue weighted by atomic mass is 10.2. The molecule has 3 aromatic rings. The molecule has 0 saturated heterocycles. The van der Waals surface area contributed by atoms with Crippen molar-refractivity contribution in [3.63, 3.8) is 0 Å². The van der Waals surface area contributed by atoms with Gasteiger partial charge in [-0.3, -0.25) is 14.7 Å². The Hall–Kier alpha value is -2.21. The number of aromatic nitrogens is 3. The van der Waals surface area contributed by atoms with Crippen molar-refractivity contribution in [3.8, 4) is 0 Å². The third kappa shape index (κ3) is 1.94. The first-order chi connectivity index (χ1) is 10.2. The second-order valence-corrected chi connectivity index (χ2v) is 5.82. The molecule has 0 N–H and O–H groups in total. The molecule has 0 radical (unpaired) electrons. The summed E-state index contributed by atoms with van der Waals surface area (Å²) in [6.07, 6.45) is 3.24. The van der Waals surface area contributed by atoms with Crippen LogP contribution in [0.5, 0.6) is 0 Å². The molecule has 4 rings (SSSR count). The number of imidazole rings is 1. The first-order valence-electron chi connectivity index (χ1n) is 6.62. The molecule has 1 aliphatic rings. The van der Waals surface area contributed by atoms with Gasteiger partial charge in [0, 0.05) is 30.0 Å². The Kier molecular flexibility index (Phi) is 2.78. The van der Waals surface area contributed by atoms with Crippen LogP contribution in [0.1, 0.15) is 10.4 Å².